The molecule has 0 fully saturated rings. The van der Waals surface area contributed by atoms with Crippen LogP contribution in [0.4, 0.5) is 0 Å². The predicted octanol–water partition coefficient (Wildman–Crippen LogP) is 5.97. The van der Waals surface area contributed by atoms with E-state index in [9.17, 15) is 0 Å². The van der Waals surface area contributed by atoms with Crippen LogP contribution in [0, 0.1) is 0 Å². The minimum atomic E-state index is 0.732. The lowest BCUT2D eigenvalue weighted by Gasteiger charge is -2.19. The van der Waals surface area contributed by atoms with E-state index < -0.39 is 0 Å². The Morgan fingerprint density at radius 2 is 1.29 bits per heavy atom. The molecule has 0 heterocycles. The van der Waals surface area contributed by atoms with Crippen molar-refractivity contribution in [3.8, 4) is 0 Å². The lowest BCUT2D eigenvalue weighted by Crippen LogP contribution is -2.35. The average Bonchev–Trinajstić information content (AvgIpc) is 2.49. The van der Waals surface area contributed by atoms with Gasteiger partial charge in [-0.25, -0.2) is 0 Å². The van der Waals surface area contributed by atoms with Gasteiger partial charge in [0, 0.05) is 19.1 Å². The van der Waals surface area contributed by atoms with Gasteiger partial charge in [0.15, 0.2) is 0 Å². The van der Waals surface area contributed by atoms with Crippen LogP contribution < -0.4 is 5.32 Å². The normalized spacial score (nSPS) is 10.4. The van der Waals surface area contributed by atoms with Crippen LogP contribution in [0.3, 0.4) is 0 Å². The van der Waals surface area contributed by atoms with E-state index in [4.69, 9.17) is 0 Å². The van der Waals surface area contributed by atoms with Crippen molar-refractivity contribution in [1.29, 1.82) is 0 Å². The number of nitrogens with one attached hydrogen (secondary N) is 1. The third-order valence-corrected chi connectivity index (χ3v) is 2.60. The first kappa shape index (κ1) is 29.0. The van der Waals surface area contributed by atoms with Crippen LogP contribution in [0.25, 0.3) is 0 Å². The van der Waals surface area contributed by atoms with Crippen molar-refractivity contribution in [3.63, 3.8) is 0 Å². The summed E-state index contributed by atoms with van der Waals surface area (Å²) in [4.78, 5) is 2.34. The van der Waals surface area contributed by atoms with E-state index in [2.05, 4.69) is 65.7 Å². The number of hydrogen-bond donors (Lipinski definition) is 1. The lowest BCUT2D eigenvalue weighted by molar-refractivity contribution is 0.333. The van der Waals surface area contributed by atoms with Gasteiger partial charge in [-0.2, -0.15) is 0 Å². The maximum atomic E-state index is 3.59. The maximum absolute atomic E-state index is 3.59. The van der Waals surface area contributed by atoms with Crippen LogP contribution >= 0.6 is 0 Å². The SMILES string of the molecule is CC.CCC.CCC.CCCC(CC)NCCN(C)CC. The molecule has 2 nitrogen and oxygen atoms in total. The zero-order chi connectivity index (χ0) is 17.5. The Labute approximate surface area is 138 Å². The molecule has 2 heteroatoms. The molecule has 0 amide bonds. The molecule has 134 valence electrons. The van der Waals surface area contributed by atoms with Crippen LogP contribution in [0.1, 0.15) is 94.4 Å². The molecule has 0 aliphatic heterocycles. The summed E-state index contributed by atoms with van der Waals surface area (Å²) in [7, 11) is 2.17. The van der Waals surface area contributed by atoms with Crippen molar-refractivity contribution in [3.05, 3.63) is 0 Å². The summed E-state index contributed by atoms with van der Waals surface area (Å²) in [6.45, 7) is 22.6. The van der Waals surface area contributed by atoms with E-state index in [0.717, 1.165) is 25.7 Å². The van der Waals surface area contributed by atoms with E-state index in [1.54, 1.807) is 0 Å². The molecule has 0 spiro atoms. The quantitative estimate of drug-likeness (QED) is 0.594. The van der Waals surface area contributed by atoms with Crippen LogP contribution in [0.2, 0.25) is 0 Å². The predicted molar refractivity (Wildman–Crippen MR) is 103 cm³/mol. The van der Waals surface area contributed by atoms with Crippen molar-refractivity contribution in [2.24, 2.45) is 0 Å². The molecular weight excluding hydrogens is 256 g/mol. The molecular formula is C19H48N2. The fourth-order valence-electron chi connectivity index (χ4n) is 1.42. The molecule has 0 aromatic rings. The molecule has 0 rings (SSSR count). The van der Waals surface area contributed by atoms with Gasteiger partial charge < -0.3 is 10.2 Å². The Balaban J connectivity index is -0.000000151. The molecule has 0 aliphatic rings. The Kier molecular flexibility index (Phi) is 44.2. The Morgan fingerprint density at radius 1 is 0.857 bits per heavy atom. The summed E-state index contributed by atoms with van der Waals surface area (Å²) < 4.78 is 0. The second kappa shape index (κ2) is 32.0. The van der Waals surface area contributed by atoms with E-state index in [1.807, 2.05) is 13.8 Å². The van der Waals surface area contributed by atoms with E-state index >= 15 is 0 Å². The molecule has 0 saturated heterocycles. The molecule has 1 atom stereocenters. The minimum absolute atomic E-state index is 0.732. The third kappa shape index (κ3) is 38.3. The van der Waals surface area contributed by atoms with Gasteiger partial charge in [-0.3, -0.25) is 0 Å². The zero-order valence-corrected chi connectivity index (χ0v) is 17.2. The summed E-state index contributed by atoms with van der Waals surface area (Å²) >= 11 is 0. The van der Waals surface area contributed by atoms with Gasteiger partial charge in [0.1, 0.15) is 0 Å². The lowest BCUT2D eigenvalue weighted by atomic mass is 10.1. The van der Waals surface area contributed by atoms with Gasteiger partial charge in [-0.1, -0.05) is 81.6 Å². The first-order chi connectivity index (χ1) is 10.1. The standard InChI is InChI=1S/C11H26N2.2C3H8.C2H6/c1-5-8-11(6-2)12-9-10-13(4)7-3;2*1-3-2;1-2/h11-12H,5-10H2,1-4H3;2*3H2,1-2H3;1-2H3. The number of hydrogen-bond acceptors (Lipinski definition) is 2. The van der Waals surface area contributed by atoms with Gasteiger partial charge in [-0.05, 0) is 26.4 Å². The van der Waals surface area contributed by atoms with Crippen molar-refractivity contribution < 1.29 is 0 Å². The highest BCUT2D eigenvalue weighted by Gasteiger charge is 2.03. The second-order valence-electron chi connectivity index (χ2n) is 5.16. The number of likely N-dealkylation sites (N-methyl/N-ethyl adjacent to an activating group) is 1. The topological polar surface area (TPSA) is 15.3 Å². The fourth-order valence-corrected chi connectivity index (χ4v) is 1.42. The Hall–Kier alpha value is -0.0800. The summed E-state index contributed by atoms with van der Waals surface area (Å²) in [5.41, 5.74) is 0. The van der Waals surface area contributed by atoms with Gasteiger partial charge in [0.25, 0.3) is 0 Å². The molecule has 0 radical (unpaired) electrons. The van der Waals surface area contributed by atoms with Crippen LogP contribution in [0.5, 0.6) is 0 Å². The van der Waals surface area contributed by atoms with Crippen LogP contribution in [0.15, 0.2) is 0 Å². The van der Waals surface area contributed by atoms with Gasteiger partial charge in [0.2, 0.25) is 0 Å². The smallest absolute Gasteiger partial charge is 0.0104 e. The molecule has 0 bridgehead atoms. The van der Waals surface area contributed by atoms with Gasteiger partial charge in [-0.15, -0.1) is 0 Å². The molecule has 21 heavy (non-hydrogen) atoms. The Morgan fingerprint density at radius 3 is 1.57 bits per heavy atom. The van der Waals surface area contributed by atoms with E-state index in [0.29, 0.717) is 0 Å². The summed E-state index contributed by atoms with van der Waals surface area (Å²) in [6, 6.07) is 0.732. The number of rotatable bonds is 8. The fraction of sp³-hybridized carbons (Fsp3) is 1.00. The van der Waals surface area contributed by atoms with E-state index in [1.165, 1.54) is 32.1 Å². The van der Waals surface area contributed by atoms with Gasteiger partial charge >= 0.3 is 0 Å². The highest BCUT2D eigenvalue weighted by atomic mass is 15.1. The maximum Gasteiger partial charge on any atom is 0.0104 e. The average molecular weight is 305 g/mol. The highest BCUT2D eigenvalue weighted by Crippen LogP contribution is 1.99. The summed E-state index contributed by atoms with van der Waals surface area (Å²) in [6.07, 6.45) is 6.35. The molecule has 0 aromatic heterocycles. The second-order valence-corrected chi connectivity index (χ2v) is 5.16. The number of nitrogens with zero attached hydrogens (tertiary/aromatic N) is 1. The zero-order valence-electron chi connectivity index (χ0n) is 17.2. The largest absolute Gasteiger partial charge is 0.313 e. The van der Waals surface area contributed by atoms with Crippen molar-refractivity contribution >= 4 is 0 Å². The first-order valence-corrected chi connectivity index (χ1v) is 9.49. The minimum Gasteiger partial charge on any atom is -0.313 e. The van der Waals surface area contributed by atoms with Crippen LogP contribution in [-0.4, -0.2) is 37.6 Å². The molecule has 1 N–H and O–H groups in total. The first-order valence-electron chi connectivity index (χ1n) is 9.49. The van der Waals surface area contributed by atoms with Gasteiger partial charge in [0.05, 0.1) is 0 Å². The third-order valence-electron chi connectivity index (χ3n) is 2.60. The van der Waals surface area contributed by atoms with E-state index in [-0.39, 0.29) is 0 Å². The highest BCUT2D eigenvalue weighted by molar-refractivity contribution is 4.64. The van der Waals surface area contributed by atoms with Crippen LogP contribution in [-0.2, 0) is 0 Å². The van der Waals surface area contributed by atoms with Crippen molar-refractivity contribution in [1.82, 2.24) is 10.2 Å². The van der Waals surface area contributed by atoms with Crippen molar-refractivity contribution in [2.45, 2.75) is 100 Å². The molecule has 1 unspecified atom stereocenters. The summed E-state index contributed by atoms with van der Waals surface area (Å²) in [5.74, 6) is 0. The van der Waals surface area contributed by atoms with Crippen molar-refractivity contribution in [2.75, 3.05) is 26.7 Å². The molecule has 0 aliphatic carbocycles. The monoisotopic (exact) mass is 304 g/mol. The Bertz CT molecular complexity index is 125. The summed E-state index contributed by atoms with van der Waals surface area (Å²) in [5, 5.41) is 3.59. The molecule has 0 saturated carbocycles. The molecule has 0 aromatic carbocycles.